The first-order valence-corrected chi connectivity index (χ1v) is 11.4. The predicted molar refractivity (Wildman–Crippen MR) is 120 cm³/mol. The Labute approximate surface area is 193 Å². The van der Waals surface area contributed by atoms with Gasteiger partial charge in [-0.3, -0.25) is 9.59 Å². The van der Waals surface area contributed by atoms with Gasteiger partial charge in [0.15, 0.2) is 0 Å². The van der Waals surface area contributed by atoms with Crippen molar-refractivity contribution in [3.63, 3.8) is 0 Å². The van der Waals surface area contributed by atoms with Gasteiger partial charge in [-0.15, -0.1) is 0 Å². The lowest BCUT2D eigenvalue weighted by Crippen LogP contribution is -2.51. The van der Waals surface area contributed by atoms with E-state index in [1.165, 1.54) is 0 Å². The number of amides is 2. The number of hydrogen-bond donors (Lipinski definition) is 0. The highest BCUT2D eigenvalue weighted by Crippen LogP contribution is 2.28. The number of likely N-dealkylation sites (N-methyl/N-ethyl adjacent to an activating group) is 1. The molecule has 2 aliphatic rings. The average molecular weight is 461 g/mol. The molecule has 1 aromatic heterocycles. The van der Waals surface area contributed by atoms with Crippen molar-refractivity contribution in [3.05, 3.63) is 46.8 Å². The zero-order valence-corrected chi connectivity index (χ0v) is 19.3. The number of aryl methyl sites for hydroxylation is 1. The van der Waals surface area contributed by atoms with Crippen LogP contribution in [0, 0.1) is 12.8 Å². The quantitative estimate of drug-likeness (QED) is 0.682. The van der Waals surface area contributed by atoms with Gasteiger partial charge in [0.1, 0.15) is 11.9 Å². The van der Waals surface area contributed by atoms with Crippen LogP contribution in [0.25, 0.3) is 0 Å². The van der Waals surface area contributed by atoms with Crippen LogP contribution in [-0.2, 0) is 4.79 Å². The lowest BCUT2D eigenvalue weighted by molar-refractivity contribution is -0.135. The molecule has 0 radical (unpaired) electrons. The number of hydrogen-bond acceptors (Lipinski definition) is 6. The molecule has 8 nitrogen and oxygen atoms in total. The molecular weight excluding hydrogens is 432 g/mol. The van der Waals surface area contributed by atoms with E-state index in [1.54, 1.807) is 30.0 Å². The highest BCUT2D eigenvalue weighted by atomic mass is 35.5. The molecule has 2 aliphatic heterocycles. The number of nitrogens with zero attached hydrogens (tertiary/aromatic N) is 4. The Balaban J connectivity index is 1.47. The third-order valence-electron chi connectivity index (χ3n) is 6.18. The van der Waals surface area contributed by atoms with Gasteiger partial charge in [0.05, 0.1) is 5.69 Å². The lowest BCUT2D eigenvalue weighted by Gasteiger charge is -2.39. The molecule has 0 aliphatic carbocycles. The van der Waals surface area contributed by atoms with Gasteiger partial charge < -0.3 is 24.0 Å². The van der Waals surface area contributed by atoms with Crippen LogP contribution in [0.3, 0.4) is 0 Å². The predicted octanol–water partition coefficient (Wildman–Crippen LogP) is 2.71. The van der Waals surface area contributed by atoms with Gasteiger partial charge in [-0.1, -0.05) is 16.8 Å². The second kappa shape index (κ2) is 9.92. The zero-order valence-electron chi connectivity index (χ0n) is 18.5. The maximum Gasteiger partial charge on any atom is 0.292 e. The molecule has 0 spiro atoms. The van der Waals surface area contributed by atoms with Crippen molar-refractivity contribution in [2.75, 3.05) is 46.3 Å². The summed E-state index contributed by atoms with van der Waals surface area (Å²) in [5.74, 6) is 0.718. The molecule has 2 fully saturated rings. The number of carbonyl (C=O) groups is 2. The van der Waals surface area contributed by atoms with Crippen molar-refractivity contribution in [1.82, 2.24) is 19.9 Å². The Hall–Kier alpha value is -2.58. The van der Waals surface area contributed by atoms with E-state index in [0.29, 0.717) is 42.4 Å². The van der Waals surface area contributed by atoms with E-state index in [-0.39, 0.29) is 29.6 Å². The Morgan fingerprint density at radius 1 is 1.12 bits per heavy atom. The number of piperidine rings is 1. The monoisotopic (exact) mass is 460 g/mol. The first-order valence-electron chi connectivity index (χ1n) is 11.0. The van der Waals surface area contributed by atoms with Gasteiger partial charge in [0, 0.05) is 69.1 Å². The average Bonchev–Trinajstić information content (AvgIpc) is 3.22. The number of benzene rings is 1. The summed E-state index contributed by atoms with van der Waals surface area (Å²) in [5, 5.41) is 4.46. The van der Waals surface area contributed by atoms with Gasteiger partial charge in [-0.05, 0) is 38.2 Å². The van der Waals surface area contributed by atoms with Crippen LogP contribution in [0.1, 0.15) is 29.1 Å². The van der Waals surface area contributed by atoms with Crippen molar-refractivity contribution in [2.45, 2.75) is 25.9 Å². The third kappa shape index (κ3) is 5.42. The number of likely N-dealkylation sites (tertiary alicyclic amines) is 1. The van der Waals surface area contributed by atoms with E-state index in [0.717, 1.165) is 26.2 Å². The molecule has 0 N–H and O–H groups in total. The van der Waals surface area contributed by atoms with Gasteiger partial charge >= 0.3 is 0 Å². The molecule has 32 heavy (non-hydrogen) atoms. The molecule has 3 heterocycles. The summed E-state index contributed by atoms with van der Waals surface area (Å²) >= 11 is 5.99. The van der Waals surface area contributed by atoms with E-state index in [2.05, 4.69) is 17.1 Å². The number of piperazine rings is 1. The van der Waals surface area contributed by atoms with Crippen LogP contribution >= 0.6 is 11.6 Å². The Morgan fingerprint density at radius 3 is 2.50 bits per heavy atom. The molecule has 2 amide bonds. The smallest absolute Gasteiger partial charge is 0.292 e. The van der Waals surface area contributed by atoms with Crippen molar-refractivity contribution in [2.24, 2.45) is 5.92 Å². The zero-order chi connectivity index (χ0) is 22.7. The molecular formula is C23H29ClN4O4. The third-order valence-corrected chi connectivity index (χ3v) is 6.44. The largest absolute Gasteiger partial charge is 0.490 e. The maximum atomic E-state index is 13.1. The highest BCUT2D eigenvalue weighted by molar-refractivity contribution is 6.30. The fraction of sp³-hybridized carbons (Fsp3) is 0.522. The van der Waals surface area contributed by atoms with E-state index in [9.17, 15) is 9.59 Å². The van der Waals surface area contributed by atoms with Crippen LogP contribution in [0.2, 0.25) is 5.02 Å². The normalized spacial score (nSPS) is 22.1. The summed E-state index contributed by atoms with van der Waals surface area (Å²) < 4.78 is 11.4. The van der Waals surface area contributed by atoms with E-state index in [4.69, 9.17) is 20.9 Å². The van der Waals surface area contributed by atoms with Crippen LogP contribution in [0.15, 0.2) is 34.9 Å². The van der Waals surface area contributed by atoms with Gasteiger partial charge in [0.2, 0.25) is 11.7 Å². The summed E-state index contributed by atoms with van der Waals surface area (Å²) in [6.07, 6.45) is 0.789. The van der Waals surface area contributed by atoms with Crippen LogP contribution in [-0.4, -0.2) is 84.1 Å². The fourth-order valence-corrected chi connectivity index (χ4v) is 4.39. The summed E-state index contributed by atoms with van der Waals surface area (Å²) in [6, 6.07) is 8.87. The number of rotatable bonds is 5. The molecule has 172 valence electrons. The van der Waals surface area contributed by atoms with Gasteiger partial charge in [-0.2, -0.15) is 0 Å². The summed E-state index contributed by atoms with van der Waals surface area (Å²) in [6.45, 7) is 5.93. The fourth-order valence-electron chi connectivity index (χ4n) is 4.26. The summed E-state index contributed by atoms with van der Waals surface area (Å²) in [4.78, 5) is 31.9. The topological polar surface area (TPSA) is 79.1 Å². The Morgan fingerprint density at radius 2 is 1.84 bits per heavy atom. The molecule has 2 saturated heterocycles. The highest BCUT2D eigenvalue weighted by Gasteiger charge is 2.36. The minimum absolute atomic E-state index is 0.109. The van der Waals surface area contributed by atoms with Crippen molar-refractivity contribution >= 4 is 23.4 Å². The van der Waals surface area contributed by atoms with Crippen LogP contribution in [0.4, 0.5) is 0 Å². The van der Waals surface area contributed by atoms with Crippen LogP contribution < -0.4 is 4.74 Å². The summed E-state index contributed by atoms with van der Waals surface area (Å²) in [7, 11) is 2.06. The molecule has 0 saturated carbocycles. The van der Waals surface area contributed by atoms with E-state index >= 15 is 0 Å². The van der Waals surface area contributed by atoms with Gasteiger partial charge in [-0.25, -0.2) is 0 Å². The first-order chi connectivity index (χ1) is 15.4. The molecule has 1 aromatic carbocycles. The van der Waals surface area contributed by atoms with Crippen molar-refractivity contribution in [1.29, 1.82) is 0 Å². The second-order valence-electron chi connectivity index (χ2n) is 8.63. The van der Waals surface area contributed by atoms with Crippen molar-refractivity contribution in [3.8, 4) is 5.75 Å². The molecule has 9 heteroatoms. The number of ether oxygens (including phenoxy) is 1. The summed E-state index contributed by atoms with van der Waals surface area (Å²) in [5.41, 5.74) is 0.663. The molecule has 2 atom stereocenters. The maximum absolute atomic E-state index is 13.1. The van der Waals surface area contributed by atoms with Gasteiger partial charge in [0.25, 0.3) is 5.91 Å². The Kier molecular flexibility index (Phi) is 7.01. The number of halogens is 1. The Bertz CT molecular complexity index is 940. The minimum Gasteiger partial charge on any atom is -0.490 e. The van der Waals surface area contributed by atoms with Crippen molar-refractivity contribution < 1.29 is 18.8 Å². The number of aromatic nitrogens is 1. The SMILES string of the molecule is Cc1cc(C(=O)N2CC[C@H](Oc3ccc(Cl)cc3)[C@@H](CC(=O)N3CCN(C)CC3)C2)on1. The van der Waals surface area contributed by atoms with E-state index < -0.39 is 0 Å². The second-order valence-corrected chi connectivity index (χ2v) is 9.07. The molecule has 2 aromatic rings. The molecule has 0 unspecified atom stereocenters. The lowest BCUT2D eigenvalue weighted by atomic mass is 9.90. The molecule has 4 rings (SSSR count). The number of carbonyl (C=O) groups excluding carboxylic acids is 2. The standard InChI is InChI=1S/C23H29ClN4O4/c1-16-13-21(32-25-16)23(30)28-8-7-20(31-19-5-3-18(24)4-6-19)17(15-28)14-22(29)27-11-9-26(2)10-12-27/h3-6,13,17,20H,7-12,14-15H2,1-2H3/t17-,20-/m0/s1. The van der Waals surface area contributed by atoms with E-state index in [1.807, 2.05) is 17.0 Å². The minimum atomic E-state index is -0.201. The van der Waals surface area contributed by atoms with Crippen LogP contribution in [0.5, 0.6) is 5.75 Å². The first kappa shape index (κ1) is 22.6. The molecule has 0 bridgehead atoms.